The molecule has 2 N–H and O–H groups in total. The lowest BCUT2D eigenvalue weighted by atomic mass is 10.1. The highest BCUT2D eigenvalue weighted by Crippen LogP contribution is 2.23. The average molecular weight is 362 g/mol. The number of para-hydroxylation sites is 1. The van der Waals surface area contributed by atoms with Gasteiger partial charge in [-0.1, -0.05) is 48.5 Å². The molecule has 3 rings (SSSR count). The minimum Gasteiger partial charge on any atom is -0.490 e. The number of carbonyl (C=O) groups is 2. The molecule has 5 nitrogen and oxygen atoms in total. The Morgan fingerprint density at radius 1 is 0.926 bits per heavy atom. The zero-order valence-electron chi connectivity index (χ0n) is 15.4. The first-order valence-electron chi connectivity index (χ1n) is 8.86. The highest BCUT2D eigenvalue weighted by Gasteiger charge is 2.14. The van der Waals surface area contributed by atoms with Crippen molar-refractivity contribution in [2.45, 2.75) is 20.0 Å². The van der Waals surface area contributed by atoms with Crippen molar-refractivity contribution in [1.29, 1.82) is 0 Å². The summed E-state index contributed by atoms with van der Waals surface area (Å²) in [6, 6.07) is 20.5. The van der Waals surface area contributed by atoms with Crippen molar-refractivity contribution in [3.05, 3.63) is 72.3 Å². The van der Waals surface area contributed by atoms with E-state index in [0.717, 1.165) is 16.5 Å². The van der Waals surface area contributed by atoms with Gasteiger partial charge < -0.3 is 15.4 Å². The van der Waals surface area contributed by atoms with E-state index in [0.29, 0.717) is 11.3 Å². The zero-order valence-corrected chi connectivity index (χ0v) is 15.4. The standard InChI is InChI=1S/C22H22N2O3/c1-15(2)27-20-13-6-5-11-18(20)22(26)23-14-21(25)24-19-12-7-9-16-8-3-4-10-17(16)19/h3-13,15H,14H2,1-2H3,(H,23,26)(H,24,25). The number of fused-ring (bicyclic) bond motifs is 1. The van der Waals surface area contributed by atoms with Gasteiger partial charge in [-0.25, -0.2) is 0 Å². The second-order valence-electron chi connectivity index (χ2n) is 6.42. The molecule has 2 amide bonds. The third-order valence-electron chi connectivity index (χ3n) is 3.97. The van der Waals surface area contributed by atoms with E-state index in [1.165, 1.54) is 0 Å². The van der Waals surface area contributed by atoms with Crippen molar-refractivity contribution in [2.75, 3.05) is 11.9 Å². The van der Waals surface area contributed by atoms with E-state index in [9.17, 15) is 9.59 Å². The molecule has 0 radical (unpaired) electrons. The van der Waals surface area contributed by atoms with E-state index in [2.05, 4.69) is 10.6 Å². The first-order valence-corrected chi connectivity index (χ1v) is 8.86. The summed E-state index contributed by atoms with van der Waals surface area (Å²) in [6.07, 6.45) is -0.0476. The van der Waals surface area contributed by atoms with Gasteiger partial charge in [0, 0.05) is 11.1 Å². The Hall–Kier alpha value is -3.34. The monoisotopic (exact) mass is 362 g/mol. The lowest BCUT2D eigenvalue weighted by Crippen LogP contribution is -2.33. The van der Waals surface area contributed by atoms with Crippen LogP contribution < -0.4 is 15.4 Å². The smallest absolute Gasteiger partial charge is 0.255 e. The number of hydrogen-bond acceptors (Lipinski definition) is 3. The van der Waals surface area contributed by atoms with Crippen molar-refractivity contribution in [2.24, 2.45) is 0 Å². The molecule has 3 aromatic rings. The van der Waals surface area contributed by atoms with Crippen LogP contribution in [0.4, 0.5) is 5.69 Å². The first kappa shape index (κ1) is 18.5. The third kappa shape index (κ3) is 4.64. The fourth-order valence-electron chi connectivity index (χ4n) is 2.80. The average Bonchev–Trinajstić information content (AvgIpc) is 2.66. The molecule has 0 saturated carbocycles. The molecule has 0 aliphatic rings. The summed E-state index contributed by atoms with van der Waals surface area (Å²) in [5.41, 5.74) is 1.13. The molecule has 0 aromatic heterocycles. The Labute approximate surface area is 158 Å². The quantitative estimate of drug-likeness (QED) is 0.697. The number of amides is 2. The predicted octanol–water partition coefficient (Wildman–Crippen LogP) is 4.00. The summed E-state index contributed by atoms with van der Waals surface area (Å²) >= 11 is 0. The lowest BCUT2D eigenvalue weighted by molar-refractivity contribution is -0.115. The van der Waals surface area contributed by atoms with E-state index >= 15 is 0 Å². The van der Waals surface area contributed by atoms with Gasteiger partial charge >= 0.3 is 0 Å². The van der Waals surface area contributed by atoms with Crippen LogP contribution in [-0.4, -0.2) is 24.5 Å². The van der Waals surface area contributed by atoms with Gasteiger partial charge in [0.15, 0.2) is 0 Å². The van der Waals surface area contributed by atoms with Gasteiger partial charge in [-0.2, -0.15) is 0 Å². The molecule has 0 saturated heterocycles. The second-order valence-corrected chi connectivity index (χ2v) is 6.42. The SMILES string of the molecule is CC(C)Oc1ccccc1C(=O)NCC(=O)Nc1cccc2ccccc12. The predicted molar refractivity (Wildman–Crippen MR) is 107 cm³/mol. The first-order chi connectivity index (χ1) is 13.0. The van der Waals surface area contributed by atoms with E-state index in [1.807, 2.05) is 62.4 Å². The summed E-state index contributed by atoms with van der Waals surface area (Å²) in [4.78, 5) is 24.7. The Morgan fingerprint density at radius 2 is 1.63 bits per heavy atom. The molecule has 5 heteroatoms. The summed E-state index contributed by atoms with van der Waals surface area (Å²) in [5.74, 6) is -0.138. The summed E-state index contributed by atoms with van der Waals surface area (Å²) in [6.45, 7) is 3.66. The largest absolute Gasteiger partial charge is 0.490 e. The van der Waals surface area contributed by atoms with Gasteiger partial charge in [0.05, 0.1) is 18.2 Å². The maximum atomic E-state index is 12.4. The van der Waals surface area contributed by atoms with Crippen molar-refractivity contribution in [3.8, 4) is 5.75 Å². The van der Waals surface area contributed by atoms with E-state index in [-0.39, 0.29) is 24.5 Å². The van der Waals surface area contributed by atoms with Gasteiger partial charge in [-0.3, -0.25) is 9.59 Å². The van der Waals surface area contributed by atoms with E-state index in [4.69, 9.17) is 4.74 Å². The van der Waals surface area contributed by atoms with Crippen LogP contribution in [0.2, 0.25) is 0 Å². The topological polar surface area (TPSA) is 67.4 Å². The highest BCUT2D eigenvalue weighted by molar-refractivity contribution is 6.04. The molecule has 0 aliphatic heterocycles. The fourth-order valence-corrected chi connectivity index (χ4v) is 2.80. The molecular formula is C22H22N2O3. The second kappa shape index (κ2) is 8.36. The molecule has 0 heterocycles. The van der Waals surface area contributed by atoms with Crippen LogP contribution in [0.15, 0.2) is 66.7 Å². The summed E-state index contributed by atoms with van der Waals surface area (Å²) in [7, 11) is 0. The van der Waals surface area contributed by atoms with Crippen LogP contribution in [0.3, 0.4) is 0 Å². The van der Waals surface area contributed by atoms with Crippen LogP contribution in [-0.2, 0) is 4.79 Å². The molecule has 0 unspecified atom stereocenters. The number of rotatable bonds is 6. The zero-order chi connectivity index (χ0) is 19.2. The highest BCUT2D eigenvalue weighted by atomic mass is 16.5. The lowest BCUT2D eigenvalue weighted by Gasteiger charge is -2.14. The summed E-state index contributed by atoms with van der Waals surface area (Å²) in [5, 5.41) is 7.50. The van der Waals surface area contributed by atoms with E-state index in [1.54, 1.807) is 18.2 Å². The van der Waals surface area contributed by atoms with Crippen molar-refractivity contribution < 1.29 is 14.3 Å². The van der Waals surface area contributed by atoms with Gasteiger partial charge in [0.25, 0.3) is 5.91 Å². The Morgan fingerprint density at radius 3 is 2.44 bits per heavy atom. The molecule has 0 fully saturated rings. The van der Waals surface area contributed by atoms with Crippen molar-refractivity contribution in [1.82, 2.24) is 5.32 Å². The number of hydrogen-bond donors (Lipinski definition) is 2. The fraction of sp³-hybridized carbons (Fsp3) is 0.182. The van der Waals surface area contributed by atoms with Crippen LogP contribution in [0, 0.1) is 0 Å². The maximum Gasteiger partial charge on any atom is 0.255 e. The van der Waals surface area contributed by atoms with Gasteiger partial charge in [0.1, 0.15) is 5.75 Å². The number of nitrogens with one attached hydrogen (secondary N) is 2. The molecule has 27 heavy (non-hydrogen) atoms. The van der Waals surface area contributed by atoms with Crippen LogP contribution in [0.5, 0.6) is 5.75 Å². The number of benzene rings is 3. The van der Waals surface area contributed by atoms with Crippen molar-refractivity contribution in [3.63, 3.8) is 0 Å². The van der Waals surface area contributed by atoms with Crippen LogP contribution in [0.1, 0.15) is 24.2 Å². The van der Waals surface area contributed by atoms with Gasteiger partial charge in [-0.05, 0) is 37.4 Å². The Balaban J connectivity index is 1.65. The molecule has 0 spiro atoms. The molecular weight excluding hydrogens is 340 g/mol. The maximum absolute atomic E-state index is 12.4. The number of carbonyl (C=O) groups excluding carboxylic acids is 2. The Kier molecular flexibility index (Phi) is 5.71. The summed E-state index contributed by atoms with van der Waals surface area (Å²) < 4.78 is 5.66. The minimum atomic E-state index is -0.348. The molecule has 0 bridgehead atoms. The molecule has 138 valence electrons. The Bertz CT molecular complexity index is 961. The van der Waals surface area contributed by atoms with Gasteiger partial charge in [0.2, 0.25) is 5.91 Å². The molecule has 0 aliphatic carbocycles. The molecule has 3 aromatic carbocycles. The number of ether oxygens (including phenoxy) is 1. The normalized spacial score (nSPS) is 10.6. The van der Waals surface area contributed by atoms with Crippen molar-refractivity contribution >= 4 is 28.3 Å². The van der Waals surface area contributed by atoms with Gasteiger partial charge in [-0.15, -0.1) is 0 Å². The van der Waals surface area contributed by atoms with Crippen LogP contribution >= 0.6 is 0 Å². The molecule has 0 atom stereocenters. The number of anilines is 1. The van der Waals surface area contributed by atoms with E-state index < -0.39 is 0 Å². The third-order valence-corrected chi connectivity index (χ3v) is 3.97. The van der Waals surface area contributed by atoms with Crippen LogP contribution in [0.25, 0.3) is 10.8 Å². The minimum absolute atomic E-state index is 0.0476.